The van der Waals surface area contributed by atoms with Crippen LogP contribution in [0.15, 0.2) is 67.0 Å². The van der Waals surface area contributed by atoms with Crippen molar-refractivity contribution in [3.63, 3.8) is 0 Å². The highest BCUT2D eigenvalue weighted by Gasteiger charge is 2.32. The standard InChI is InChI=1S/C19H19N5O2/c25-19(18(24-14-20-21-22-24)16-9-5-2-6-10-16)23-11-12-26-17(13-23)15-7-3-1-4-8-15/h1-10,14,17-18H,11-13H2/t17-,18+/m0/s1. The van der Waals surface area contributed by atoms with E-state index >= 15 is 0 Å². The summed E-state index contributed by atoms with van der Waals surface area (Å²) < 4.78 is 7.38. The fraction of sp³-hybridized carbons (Fsp3) is 0.263. The summed E-state index contributed by atoms with van der Waals surface area (Å²) in [6, 6.07) is 19.0. The average molecular weight is 349 g/mol. The van der Waals surface area contributed by atoms with Crippen molar-refractivity contribution in [3.05, 3.63) is 78.1 Å². The zero-order valence-electron chi connectivity index (χ0n) is 14.2. The summed E-state index contributed by atoms with van der Waals surface area (Å²) in [5.74, 6) is -0.0345. The molecule has 2 aromatic carbocycles. The van der Waals surface area contributed by atoms with Gasteiger partial charge in [-0.1, -0.05) is 60.7 Å². The Labute approximate surface area is 151 Å². The predicted molar refractivity (Wildman–Crippen MR) is 94.1 cm³/mol. The van der Waals surface area contributed by atoms with Gasteiger partial charge in [-0.3, -0.25) is 4.79 Å². The third-order valence-corrected chi connectivity index (χ3v) is 4.53. The highest BCUT2D eigenvalue weighted by atomic mass is 16.5. The molecule has 7 heteroatoms. The summed E-state index contributed by atoms with van der Waals surface area (Å²) in [5, 5.41) is 11.4. The minimum absolute atomic E-state index is 0.0345. The number of rotatable bonds is 4. The molecule has 2 heterocycles. The second-order valence-corrected chi connectivity index (χ2v) is 6.16. The normalized spacial score (nSPS) is 18.5. The van der Waals surface area contributed by atoms with Crippen LogP contribution in [0.1, 0.15) is 23.3 Å². The molecule has 2 atom stereocenters. The van der Waals surface area contributed by atoms with E-state index in [1.165, 1.54) is 11.0 Å². The van der Waals surface area contributed by atoms with E-state index < -0.39 is 6.04 Å². The third-order valence-electron chi connectivity index (χ3n) is 4.53. The summed E-state index contributed by atoms with van der Waals surface area (Å²) in [7, 11) is 0. The summed E-state index contributed by atoms with van der Waals surface area (Å²) >= 11 is 0. The second kappa shape index (κ2) is 7.45. The van der Waals surface area contributed by atoms with E-state index in [2.05, 4.69) is 15.5 Å². The van der Waals surface area contributed by atoms with E-state index in [0.29, 0.717) is 19.7 Å². The molecule has 0 bridgehead atoms. The molecular formula is C19H19N5O2. The maximum absolute atomic E-state index is 13.3. The molecule has 26 heavy (non-hydrogen) atoms. The lowest BCUT2D eigenvalue weighted by molar-refractivity contribution is -0.141. The lowest BCUT2D eigenvalue weighted by Crippen LogP contribution is -2.45. The van der Waals surface area contributed by atoms with E-state index in [0.717, 1.165) is 11.1 Å². The Morgan fingerprint density at radius 1 is 1.08 bits per heavy atom. The number of hydrogen-bond donors (Lipinski definition) is 0. The molecule has 1 aromatic heterocycles. The van der Waals surface area contributed by atoms with Crippen LogP contribution in [0.25, 0.3) is 0 Å². The second-order valence-electron chi connectivity index (χ2n) is 6.16. The van der Waals surface area contributed by atoms with Gasteiger partial charge in [0.25, 0.3) is 5.91 Å². The van der Waals surface area contributed by atoms with Crippen LogP contribution in [0.2, 0.25) is 0 Å². The van der Waals surface area contributed by atoms with Gasteiger partial charge < -0.3 is 9.64 Å². The molecule has 7 nitrogen and oxygen atoms in total. The van der Waals surface area contributed by atoms with E-state index in [1.807, 2.05) is 65.6 Å². The van der Waals surface area contributed by atoms with Crippen LogP contribution in [0.5, 0.6) is 0 Å². The van der Waals surface area contributed by atoms with Crippen molar-refractivity contribution in [3.8, 4) is 0 Å². The van der Waals surface area contributed by atoms with Crippen LogP contribution in [-0.2, 0) is 9.53 Å². The minimum Gasteiger partial charge on any atom is -0.370 e. The lowest BCUT2D eigenvalue weighted by Gasteiger charge is -2.35. The average Bonchev–Trinajstić information content (AvgIpc) is 3.24. The van der Waals surface area contributed by atoms with Crippen molar-refractivity contribution in [1.82, 2.24) is 25.1 Å². The number of tetrazole rings is 1. The highest BCUT2D eigenvalue weighted by Crippen LogP contribution is 2.26. The highest BCUT2D eigenvalue weighted by molar-refractivity contribution is 5.83. The number of morpholine rings is 1. The van der Waals surface area contributed by atoms with Gasteiger partial charge in [-0.15, -0.1) is 5.10 Å². The monoisotopic (exact) mass is 349 g/mol. The van der Waals surface area contributed by atoms with Crippen molar-refractivity contribution < 1.29 is 9.53 Å². The van der Waals surface area contributed by atoms with Crippen molar-refractivity contribution in [2.45, 2.75) is 12.1 Å². The number of nitrogens with zero attached hydrogens (tertiary/aromatic N) is 5. The maximum atomic E-state index is 13.3. The number of hydrogen-bond acceptors (Lipinski definition) is 5. The van der Waals surface area contributed by atoms with Gasteiger partial charge in [0.1, 0.15) is 12.4 Å². The molecule has 1 amide bonds. The first kappa shape index (κ1) is 16.4. The molecule has 3 aromatic rings. The van der Waals surface area contributed by atoms with Gasteiger partial charge >= 0.3 is 0 Å². The van der Waals surface area contributed by atoms with Crippen molar-refractivity contribution >= 4 is 5.91 Å². The van der Waals surface area contributed by atoms with Gasteiger partial charge in [0.05, 0.1) is 13.2 Å². The number of benzene rings is 2. The summed E-state index contributed by atoms with van der Waals surface area (Å²) in [4.78, 5) is 15.2. The van der Waals surface area contributed by atoms with Crippen LogP contribution < -0.4 is 0 Å². The Morgan fingerprint density at radius 2 is 1.81 bits per heavy atom. The Bertz CT molecular complexity index is 839. The number of carbonyl (C=O) groups excluding carboxylic acids is 1. The molecule has 0 radical (unpaired) electrons. The quantitative estimate of drug-likeness (QED) is 0.719. The van der Waals surface area contributed by atoms with Gasteiger partial charge in [0.15, 0.2) is 6.04 Å². The van der Waals surface area contributed by atoms with Crippen molar-refractivity contribution in [1.29, 1.82) is 0 Å². The van der Waals surface area contributed by atoms with E-state index in [1.54, 1.807) is 0 Å². The Balaban J connectivity index is 1.59. The molecule has 1 fully saturated rings. The topological polar surface area (TPSA) is 73.1 Å². The van der Waals surface area contributed by atoms with E-state index in [-0.39, 0.29) is 12.0 Å². The number of carbonyl (C=O) groups is 1. The van der Waals surface area contributed by atoms with Crippen LogP contribution in [-0.4, -0.2) is 50.7 Å². The molecule has 1 aliphatic rings. The molecule has 0 spiro atoms. The molecule has 0 unspecified atom stereocenters. The van der Waals surface area contributed by atoms with E-state index in [9.17, 15) is 4.79 Å². The van der Waals surface area contributed by atoms with Gasteiger partial charge in [-0.25, -0.2) is 4.68 Å². The minimum atomic E-state index is -0.583. The smallest absolute Gasteiger partial charge is 0.252 e. The summed E-state index contributed by atoms with van der Waals surface area (Å²) in [5.41, 5.74) is 1.93. The summed E-state index contributed by atoms with van der Waals surface area (Å²) in [6.07, 6.45) is 1.35. The van der Waals surface area contributed by atoms with Gasteiger partial charge in [-0.2, -0.15) is 0 Å². The van der Waals surface area contributed by atoms with Gasteiger partial charge in [0.2, 0.25) is 0 Å². The fourth-order valence-corrected chi connectivity index (χ4v) is 3.22. The van der Waals surface area contributed by atoms with Crippen LogP contribution in [0, 0.1) is 0 Å². The first-order valence-electron chi connectivity index (χ1n) is 8.55. The molecular weight excluding hydrogens is 330 g/mol. The molecule has 132 valence electrons. The zero-order chi connectivity index (χ0) is 17.8. The zero-order valence-corrected chi connectivity index (χ0v) is 14.2. The lowest BCUT2D eigenvalue weighted by atomic mass is 10.0. The van der Waals surface area contributed by atoms with Crippen LogP contribution in [0.4, 0.5) is 0 Å². The molecule has 0 saturated carbocycles. The fourth-order valence-electron chi connectivity index (χ4n) is 3.22. The summed E-state index contributed by atoms with van der Waals surface area (Å²) in [6.45, 7) is 1.56. The van der Waals surface area contributed by atoms with Crippen molar-refractivity contribution in [2.24, 2.45) is 0 Å². The Morgan fingerprint density at radius 3 is 2.50 bits per heavy atom. The molecule has 4 rings (SSSR count). The number of amides is 1. The van der Waals surface area contributed by atoms with Gasteiger partial charge in [-0.05, 0) is 21.6 Å². The first-order chi connectivity index (χ1) is 12.8. The maximum Gasteiger partial charge on any atom is 0.252 e. The van der Waals surface area contributed by atoms with E-state index in [4.69, 9.17) is 4.74 Å². The Hall–Kier alpha value is -3.06. The molecule has 0 N–H and O–H groups in total. The Kier molecular flexibility index (Phi) is 4.70. The largest absolute Gasteiger partial charge is 0.370 e. The molecule has 0 aliphatic carbocycles. The molecule has 1 aliphatic heterocycles. The number of ether oxygens (including phenoxy) is 1. The van der Waals surface area contributed by atoms with Crippen LogP contribution in [0.3, 0.4) is 0 Å². The SMILES string of the molecule is O=C([C@@H](c1ccccc1)n1cnnn1)N1CCO[C@H](c2ccccc2)C1. The van der Waals surface area contributed by atoms with Crippen molar-refractivity contribution in [2.75, 3.05) is 19.7 Å². The molecule has 1 saturated heterocycles. The first-order valence-corrected chi connectivity index (χ1v) is 8.55. The van der Waals surface area contributed by atoms with Gasteiger partial charge in [0, 0.05) is 6.54 Å². The number of aromatic nitrogens is 4. The predicted octanol–water partition coefficient (Wildman–Crippen LogP) is 1.86. The van der Waals surface area contributed by atoms with Crippen LogP contribution >= 0.6 is 0 Å². The third kappa shape index (κ3) is 3.34.